The molecule has 12 heteroatoms. The van der Waals surface area contributed by atoms with E-state index in [4.69, 9.17) is 31.4 Å². The molecule has 1 spiro atoms. The second kappa shape index (κ2) is 7.23. The molecule has 1 aromatic carbocycles. The quantitative estimate of drug-likeness (QED) is 0.547. The predicted octanol–water partition coefficient (Wildman–Crippen LogP) is 3.27. The Balaban J connectivity index is 2.01. The van der Waals surface area contributed by atoms with E-state index in [9.17, 15) is 27.2 Å². The molecule has 2 amide bonds. The molecule has 0 radical (unpaired) electrons. The van der Waals surface area contributed by atoms with Crippen molar-refractivity contribution in [3.8, 4) is 6.07 Å². The molecule has 1 aliphatic heterocycles. The number of nitriles is 1. The molecule has 1 saturated heterocycles. The fourth-order valence-corrected chi connectivity index (χ4v) is 3.67. The number of thiocarbonyl (C=S) groups is 1. The van der Waals surface area contributed by atoms with Crippen LogP contribution >= 0.6 is 12.2 Å². The lowest BCUT2D eigenvalue weighted by Crippen LogP contribution is -2.55. The van der Waals surface area contributed by atoms with Crippen LogP contribution in [0.5, 0.6) is 0 Å². The SMILES string of the molecule is [2H]C1([2H])C([2H])([2H])C2(C(=O)N(c3cnc(C#N)c(C(F)(F)F)c3)C(=S)N2c2ccc(C(N)=O)c(F)c2)C1([2H])[2H]. The van der Waals surface area contributed by atoms with Gasteiger partial charge in [-0.2, -0.15) is 18.4 Å². The van der Waals surface area contributed by atoms with Crippen molar-refractivity contribution in [2.24, 2.45) is 5.73 Å². The zero-order valence-electron chi connectivity index (χ0n) is 21.5. The van der Waals surface area contributed by atoms with Crippen molar-refractivity contribution in [2.45, 2.75) is 30.8 Å². The van der Waals surface area contributed by atoms with Gasteiger partial charge in [0.2, 0.25) is 0 Å². The van der Waals surface area contributed by atoms with Gasteiger partial charge < -0.3 is 10.6 Å². The highest BCUT2D eigenvalue weighted by atomic mass is 32.1. The normalized spacial score (nSPS) is 25.0. The summed E-state index contributed by atoms with van der Waals surface area (Å²) in [6.07, 6.45) is -14.6. The summed E-state index contributed by atoms with van der Waals surface area (Å²) in [7, 11) is 0. The second-order valence-electron chi connectivity index (χ2n) is 6.57. The van der Waals surface area contributed by atoms with Gasteiger partial charge in [-0.1, -0.05) is 0 Å². The van der Waals surface area contributed by atoms with Crippen molar-refractivity contribution in [3.05, 3.63) is 53.1 Å². The molecule has 2 heterocycles. The van der Waals surface area contributed by atoms with Crippen LogP contribution in [0.4, 0.5) is 28.9 Å². The number of alkyl halides is 3. The number of nitrogens with zero attached hydrogens (tertiary/aromatic N) is 4. The number of amides is 2. The first-order valence-electron chi connectivity index (χ1n) is 11.6. The number of primary amides is 1. The minimum Gasteiger partial charge on any atom is -0.366 e. The van der Waals surface area contributed by atoms with Gasteiger partial charge in [0.1, 0.15) is 17.4 Å². The summed E-state index contributed by atoms with van der Waals surface area (Å²) in [5, 5.41) is 8.17. The Morgan fingerprint density at radius 3 is 2.56 bits per heavy atom. The van der Waals surface area contributed by atoms with E-state index in [2.05, 4.69) is 4.98 Å². The van der Waals surface area contributed by atoms with Crippen molar-refractivity contribution < 1.29 is 35.4 Å². The molecular weight excluding hydrogens is 450 g/mol. The molecule has 164 valence electrons. The Kier molecular flexibility index (Phi) is 3.45. The van der Waals surface area contributed by atoms with E-state index >= 15 is 0 Å². The summed E-state index contributed by atoms with van der Waals surface area (Å²) in [6.45, 7) is 0. The fourth-order valence-electron chi connectivity index (χ4n) is 3.24. The van der Waals surface area contributed by atoms with Crippen molar-refractivity contribution in [1.29, 1.82) is 5.26 Å². The number of halogens is 4. The van der Waals surface area contributed by atoms with Crippen LogP contribution in [0.2, 0.25) is 0 Å². The number of carbonyl (C=O) groups is 2. The summed E-state index contributed by atoms with van der Waals surface area (Å²) < 4.78 is 105. The third kappa shape index (κ3) is 3.08. The summed E-state index contributed by atoms with van der Waals surface area (Å²) >= 11 is 5.25. The summed E-state index contributed by atoms with van der Waals surface area (Å²) in [6, 6.07) is 3.91. The van der Waals surface area contributed by atoms with Crippen LogP contribution in [-0.2, 0) is 11.0 Å². The number of hydrogen-bond acceptors (Lipinski definition) is 5. The van der Waals surface area contributed by atoms with Crippen molar-refractivity contribution in [2.75, 3.05) is 9.80 Å². The third-order valence-corrected chi connectivity index (χ3v) is 5.10. The van der Waals surface area contributed by atoms with E-state index in [0.29, 0.717) is 28.1 Å². The van der Waals surface area contributed by atoms with Crippen LogP contribution in [0, 0.1) is 17.1 Å². The first-order chi connectivity index (χ1) is 17.3. The number of rotatable bonds is 3. The maximum absolute atomic E-state index is 14.7. The lowest BCUT2D eigenvalue weighted by molar-refractivity contribution is -0.138. The number of carbonyl (C=O) groups excluding carboxylic acids is 2. The Morgan fingerprint density at radius 2 is 2.00 bits per heavy atom. The monoisotopic (exact) mass is 469 g/mol. The number of aromatic nitrogens is 1. The number of benzene rings is 1. The highest BCUT2D eigenvalue weighted by Gasteiger charge is 2.59. The Bertz CT molecular complexity index is 1460. The zero-order chi connectivity index (χ0) is 28.8. The summed E-state index contributed by atoms with van der Waals surface area (Å²) in [5.41, 5.74) is -2.61. The lowest BCUT2D eigenvalue weighted by Gasteiger charge is -2.43. The van der Waals surface area contributed by atoms with Crippen molar-refractivity contribution in [3.63, 3.8) is 0 Å². The molecule has 2 fully saturated rings. The Morgan fingerprint density at radius 1 is 1.31 bits per heavy atom. The first-order valence-corrected chi connectivity index (χ1v) is 8.97. The molecular formula is C20H13F4N5O2S. The van der Waals surface area contributed by atoms with Gasteiger partial charge in [0.15, 0.2) is 10.8 Å². The van der Waals surface area contributed by atoms with E-state index in [-0.39, 0.29) is 0 Å². The zero-order valence-corrected chi connectivity index (χ0v) is 16.3. The molecule has 0 atom stereocenters. The van der Waals surface area contributed by atoms with Crippen molar-refractivity contribution >= 4 is 40.5 Å². The van der Waals surface area contributed by atoms with Gasteiger partial charge in [-0.05, 0) is 55.6 Å². The Labute approximate surface area is 192 Å². The summed E-state index contributed by atoms with van der Waals surface area (Å²) in [4.78, 5) is 29.4. The largest absolute Gasteiger partial charge is 0.419 e. The van der Waals surface area contributed by atoms with Gasteiger partial charge in [0.05, 0.1) is 23.0 Å². The smallest absolute Gasteiger partial charge is 0.366 e. The molecule has 32 heavy (non-hydrogen) atoms. The molecule has 0 unspecified atom stereocenters. The average molecular weight is 469 g/mol. The molecule has 1 aliphatic carbocycles. The van der Waals surface area contributed by atoms with E-state index in [1.54, 1.807) is 0 Å². The highest BCUT2D eigenvalue weighted by Crippen LogP contribution is 2.48. The number of anilines is 2. The van der Waals surface area contributed by atoms with Crippen LogP contribution < -0.4 is 15.5 Å². The fraction of sp³-hybridized carbons (Fsp3) is 0.250. The third-order valence-electron chi connectivity index (χ3n) is 4.74. The predicted molar refractivity (Wildman–Crippen MR) is 108 cm³/mol. The topological polar surface area (TPSA) is 103 Å². The maximum Gasteiger partial charge on any atom is 0.419 e. The number of hydrogen-bond donors (Lipinski definition) is 1. The molecule has 2 aliphatic rings. The van der Waals surface area contributed by atoms with Gasteiger partial charge in [0.25, 0.3) is 11.8 Å². The van der Waals surface area contributed by atoms with Crippen molar-refractivity contribution in [1.82, 2.24) is 4.98 Å². The van der Waals surface area contributed by atoms with E-state index in [0.717, 1.165) is 12.1 Å². The van der Waals surface area contributed by atoms with Gasteiger partial charge in [-0.15, -0.1) is 0 Å². The van der Waals surface area contributed by atoms with Crippen LogP contribution in [0.25, 0.3) is 0 Å². The maximum atomic E-state index is 14.7. The molecule has 2 N–H and O–H groups in total. The molecule has 4 rings (SSSR count). The van der Waals surface area contributed by atoms with Gasteiger partial charge in [-0.25, -0.2) is 9.37 Å². The standard InChI is InChI=1S/C20H13F4N5O2S/c21-14-7-10(2-3-12(14)16(26)30)29-18(32)28(17(31)19(29)4-1-5-19)11-6-13(20(22,23)24)15(8-25)27-9-11/h2-3,6-7,9H,1,4-5H2,(H2,26,30)/i1D2,4D2,5D2. The van der Waals surface area contributed by atoms with Crippen LogP contribution in [0.3, 0.4) is 0 Å². The van der Waals surface area contributed by atoms with Crippen LogP contribution in [0.1, 0.15) is 49.0 Å². The first kappa shape index (κ1) is 15.3. The molecule has 0 bridgehead atoms. The van der Waals surface area contributed by atoms with Gasteiger partial charge in [0, 0.05) is 13.9 Å². The number of nitrogens with two attached hydrogens (primary N) is 1. The van der Waals surface area contributed by atoms with Crippen LogP contribution in [-0.4, -0.2) is 27.4 Å². The molecule has 7 nitrogen and oxygen atoms in total. The molecule has 1 saturated carbocycles. The average Bonchev–Trinajstić information content (AvgIpc) is 3.05. The van der Waals surface area contributed by atoms with Crippen LogP contribution in [0.15, 0.2) is 30.5 Å². The lowest BCUT2D eigenvalue weighted by atomic mass is 9.75. The minimum absolute atomic E-state index is 0.309. The van der Waals surface area contributed by atoms with Gasteiger partial charge in [-0.3, -0.25) is 14.5 Å². The molecule has 2 aromatic rings. The second-order valence-corrected chi connectivity index (χ2v) is 6.94. The summed E-state index contributed by atoms with van der Waals surface area (Å²) in [5.74, 6) is -4.08. The van der Waals surface area contributed by atoms with Gasteiger partial charge >= 0.3 is 6.18 Å². The number of pyridine rings is 1. The highest BCUT2D eigenvalue weighted by molar-refractivity contribution is 7.81. The van der Waals surface area contributed by atoms with E-state index in [1.807, 2.05) is 0 Å². The minimum atomic E-state index is -5.12. The molecule has 1 aromatic heterocycles. The Hall–Kier alpha value is -3.59. The van der Waals surface area contributed by atoms with E-state index < -0.39 is 81.8 Å². The van der Waals surface area contributed by atoms with E-state index in [1.165, 1.54) is 6.07 Å².